The van der Waals surface area contributed by atoms with Crippen molar-refractivity contribution in [1.29, 1.82) is 0 Å². The number of amides is 1. The van der Waals surface area contributed by atoms with Gasteiger partial charge in [0, 0.05) is 30.2 Å². The number of para-hydroxylation sites is 1. The van der Waals surface area contributed by atoms with Crippen molar-refractivity contribution in [1.82, 2.24) is 15.2 Å². The Balaban J connectivity index is 0.000000531. The summed E-state index contributed by atoms with van der Waals surface area (Å²) in [6, 6.07) is 16.4. The molecular weight excluding hydrogens is 533 g/mol. The monoisotopic (exact) mass is 558 g/mol. The van der Waals surface area contributed by atoms with Crippen LogP contribution in [-0.4, -0.2) is 46.7 Å². The standard InChI is InChI=1S/C21H13F3N6O2S.C5H12O/c22-21(23,24)19-26-14(10-33-19)18-29-30-20(32-18)28-16-17(31)25-13-9-5-4-8-12(13)15(27-16)11-6-2-1-3-7-11;1-3-4-5-6-2/h1-10,16H,(H,25,31)(H,28,30);3-5H2,1-2H3. The van der Waals surface area contributed by atoms with Gasteiger partial charge in [0.2, 0.25) is 6.17 Å². The lowest BCUT2D eigenvalue weighted by Crippen LogP contribution is -2.32. The van der Waals surface area contributed by atoms with Crippen molar-refractivity contribution < 1.29 is 27.1 Å². The predicted octanol–water partition coefficient (Wildman–Crippen LogP) is 5.87. The molecule has 4 aromatic rings. The van der Waals surface area contributed by atoms with E-state index in [9.17, 15) is 18.0 Å². The maximum Gasteiger partial charge on any atom is 0.443 e. The highest BCUT2D eigenvalue weighted by Crippen LogP contribution is 2.34. The van der Waals surface area contributed by atoms with Crippen molar-refractivity contribution in [3.63, 3.8) is 0 Å². The van der Waals surface area contributed by atoms with Crippen LogP contribution in [0.15, 0.2) is 69.4 Å². The number of carbonyl (C=O) groups is 1. The highest BCUT2D eigenvalue weighted by Gasteiger charge is 2.35. The molecule has 3 heterocycles. The Hall–Kier alpha value is -4.10. The molecule has 1 amide bonds. The molecule has 39 heavy (non-hydrogen) atoms. The maximum absolute atomic E-state index is 12.8. The number of benzene rings is 2. The van der Waals surface area contributed by atoms with E-state index in [0.717, 1.165) is 17.7 Å². The second-order valence-corrected chi connectivity index (χ2v) is 9.08. The van der Waals surface area contributed by atoms with Crippen LogP contribution < -0.4 is 10.6 Å². The highest BCUT2D eigenvalue weighted by atomic mass is 32.1. The number of alkyl halides is 3. The summed E-state index contributed by atoms with van der Waals surface area (Å²) in [5.74, 6) is -0.685. The summed E-state index contributed by atoms with van der Waals surface area (Å²) in [6.45, 7) is 3.07. The zero-order valence-electron chi connectivity index (χ0n) is 21.0. The Bertz CT molecular complexity index is 1420. The van der Waals surface area contributed by atoms with E-state index in [1.165, 1.54) is 18.2 Å². The molecule has 0 radical (unpaired) electrons. The van der Waals surface area contributed by atoms with Gasteiger partial charge in [-0.3, -0.25) is 4.79 Å². The molecule has 2 aromatic heterocycles. The Morgan fingerprint density at radius 1 is 1.10 bits per heavy atom. The quantitative estimate of drug-likeness (QED) is 0.273. The van der Waals surface area contributed by atoms with Crippen molar-refractivity contribution in [2.24, 2.45) is 4.99 Å². The molecule has 0 saturated carbocycles. The SMILES string of the molecule is CCCCOC.O=C1Nc2ccccc2C(c2ccccc2)=NC1Nc1nnc(-c2csc(C(F)(F)F)n2)o1. The number of nitrogens with one attached hydrogen (secondary N) is 2. The van der Waals surface area contributed by atoms with Crippen LogP contribution in [0, 0.1) is 0 Å². The van der Waals surface area contributed by atoms with Crippen LogP contribution in [0.5, 0.6) is 0 Å². The smallest absolute Gasteiger partial charge is 0.402 e. The van der Waals surface area contributed by atoms with Gasteiger partial charge in [0.05, 0.1) is 11.4 Å². The molecule has 1 unspecified atom stereocenters. The first-order valence-electron chi connectivity index (χ1n) is 12.0. The molecule has 2 N–H and O–H groups in total. The lowest BCUT2D eigenvalue weighted by atomic mass is 10.0. The molecule has 1 aliphatic rings. The number of anilines is 2. The molecule has 9 nitrogen and oxygen atoms in total. The fourth-order valence-electron chi connectivity index (χ4n) is 3.47. The van der Waals surface area contributed by atoms with Crippen LogP contribution in [0.4, 0.5) is 24.9 Å². The number of methoxy groups -OCH3 is 1. The summed E-state index contributed by atoms with van der Waals surface area (Å²) in [7, 11) is 1.73. The van der Waals surface area contributed by atoms with Crippen LogP contribution in [-0.2, 0) is 15.7 Å². The molecule has 1 atom stereocenters. The average molecular weight is 559 g/mol. The molecule has 0 fully saturated rings. The number of aliphatic imine (C=N–C) groups is 1. The Kier molecular flexibility index (Phi) is 9.04. The minimum Gasteiger partial charge on any atom is -0.402 e. The second-order valence-electron chi connectivity index (χ2n) is 8.22. The molecule has 5 rings (SSSR count). The molecule has 1 aliphatic heterocycles. The number of unbranched alkanes of at least 4 members (excludes halogenated alkanes) is 1. The first kappa shape index (κ1) is 27.9. The lowest BCUT2D eigenvalue weighted by Gasteiger charge is -2.11. The van der Waals surface area contributed by atoms with Crippen molar-refractivity contribution in [2.75, 3.05) is 24.4 Å². The number of aromatic nitrogens is 3. The van der Waals surface area contributed by atoms with Crippen molar-refractivity contribution in [3.8, 4) is 11.6 Å². The zero-order valence-corrected chi connectivity index (χ0v) is 21.8. The van der Waals surface area contributed by atoms with Crippen LogP contribution in [0.3, 0.4) is 0 Å². The topological polar surface area (TPSA) is 115 Å². The number of hydrogen-bond acceptors (Lipinski definition) is 9. The van der Waals surface area contributed by atoms with Gasteiger partial charge >= 0.3 is 12.2 Å². The molecular formula is C26H25F3N6O3S. The number of fused-ring (bicyclic) bond motifs is 1. The fourth-order valence-corrected chi connectivity index (χ4v) is 4.14. The fraction of sp³-hybridized carbons (Fsp3) is 0.269. The van der Waals surface area contributed by atoms with Crippen molar-refractivity contribution in [2.45, 2.75) is 32.1 Å². The molecule has 13 heteroatoms. The van der Waals surface area contributed by atoms with E-state index >= 15 is 0 Å². The van der Waals surface area contributed by atoms with Gasteiger partial charge in [0.25, 0.3) is 11.8 Å². The van der Waals surface area contributed by atoms with Gasteiger partial charge in [0.1, 0.15) is 5.69 Å². The average Bonchev–Trinajstić information content (AvgIpc) is 3.59. The van der Waals surface area contributed by atoms with E-state index in [1.54, 1.807) is 19.2 Å². The number of hydrogen-bond donors (Lipinski definition) is 2. The van der Waals surface area contributed by atoms with Crippen LogP contribution in [0.2, 0.25) is 0 Å². The number of halogens is 3. The van der Waals surface area contributed by atoms with Crippen LogP contribution in [0.25, 0.3) is 11.6 Å². The number of thiazole rings is 1. The summed E-state index contributed by atoms with van der Waals surface area (Å²) in [5, 5.41) is 13.2. The zero-order chi connectivity index (χ0) is 27.8. The lowest BCUT2D eigenvalue weighted by molar-refractivity contribution is -0.137. The third-order valence-electron chi connectivity index (χ3n) is 5.35. The summed E-state index contributed by atoms with van der Waals surface area (Å²) in [6.07, 6.45) is -3.29. The van der Waals surface area contributed by atoms with Crippen LogP contribution in [0.1, 0.15) is 35.9 Å². The number of nitrogens with zero attached hydrogens (tertiary/aromatic N) is 4. The van der Waals surface area contributed by atoms with Gasteiger partial charge in [-0.05, 0) is 12.5 Å². The van der Waals surface area contributed by atoms with Crippen molar-refractivity contribution in [3.05, 3.63) is 76.1 Å². The normalized spacial score (nSPS) is 14.8. The number of benzodiazepines with no additional fused rings is 1. The summed E-state index contributed by atoms with van der Waals surface area (Å²) in [5.41, 5.74) is 2.56. The first-order chi connectivity index (χ1) is 18.8. The third kappa shape index (κ3) is 7.06. The largest absolute Gasteiger partial charge is 0.443 e. The van der Waals surface area contributed by atoms with Gasteiger partial charge in [0.15, 0.2) is 5.01 Å². The summed E-state index contributed by atoms with van der Waals surface area (Å²) in [4.78, 5) is 20.9. The van der Waals surface area contributed by atoms with Gasteiger partial charge < -0.3 is 19.8 Å². The number of carbonyl (C=O) groups excluding carboxylic acids is 1. The number of rotatable bonds is 7. The van der Waals surface area contributed by atoms with Crippen molar-refractivity contribution >= 4 is 34.7 Å². The first-order valence-corrected chi connectivity index (χ1v) is 12.8. The molecule has 0 saturated heterocycles. The summed E-state index contributed by atoms with van der Waals surface area (Å²) < 4.78 is 48.6. The van der Waals surface area contributed by atoms with E-state index in [2.05, 4.69) is 37.7 Å². The Morgan fingerprint density at radius 2 is 1.85 bits per heavy atom. The van der Waals surface area contributed by atoms with E-state index < -0.39 is 23.3 Å². The minimum absolute atomic E-state index is 0.112. The summed E-state index contributed by atoms with van der Waals surface area (Å²) >= 11 is 0.420. The van der Waals surface area contributed by atoms with E-state index in [0.29, 0.717) is 22.7 Å². The Labute approximate surface area is 226 Å². The molecule has 204 valence electrons. The van der Waals surface area contributed by atoms with E-state index in [-0.39, 0.29) is 17.6 Å². The molecule has 0 spiro atoms. The predicted molar refractivity (Wildman–Crippen MR) is 142 cm³/mol. The molecule has 0 aliphatic carbocycles. The van der Waals surface area contributed by atoms with E-state index in [4.69, 9.17) is 9.15 Å². The second kappa shape index (κ2) is 12.6. The number of ether oxygens (including phenoxy) is 1. The maximum atomic E-state index is 12.8. The van der Waals surface area contributed by atoms with Gasteiger partial charge in [-0.1, -0.05) is 67.0 Å². The van der Waals surface area contributed by atoms with E-state index in [1.807, 2.05) is 42.5 Å². The third-order valence-corrected chi connectivity index (χ3v) is 6.23. The van der Waals surface area contributed by atoms with Gasteiger partial charge in [-0.25, -0.2) is 9.98 Å². The Morgan fingerprint density at radius 3 is 2.51 bits per heavy atom. The molecule has 0 bridgehead atoms. The van der Waals surface area contributed by atoms with Gasteiger partial charge in [-0.2, -0.15) is 13.2 Å². The van der Waals surface area contributed by atoms with Gasteiger partial charge in [-0.15, -0.1) is 16.4 Å². The molecule has 2 aromatic carbocycles. The van der Waals surface area contributed by atoms with Crippen LogP contribution >= 0.6 is 11.3 Å². The minimum atomic E-state index is -4.57. The highest BCUT2D eigenvalue weighted by molar-refractivity contribution is 7.10.